The molecule has 1 unspecified atom stereocenters. The first-order chi connectivity index (χ1) is 15.8. The van der Waals surface area contributed by atoms with Crippen molar-refractivity contribution < 1.29 is 9.47 Å². The third-order valence-corrected chi connectivity index (χ3v) is 7.40. The van der Waals surface area contributed by atoms with Gasteiger partial charge < -0.3 is 14.8 Å². The molecule has 0 fully saturated rings. The van der Waals surface area contributed by atoms with E-state index in [1.807, 2.05) is 47.9 Å². The number of hydrogen-bond donors (Lipinski definition) is 1. The van der Waals surface area contributed by atoms with Crippen LogP contribution in [0.2, 0.25) is 0 Å². The van der Waals surface area contributed by atoms with Crippen molar-refractivity contribution in [1.82, 2.24) is 15.0 Å². The zero-order valence-electron chi connectivity index (χ0n) is 17.9. The number of hydrogen-bond acceptors (Lipinski definition) is 7. The van der Waals surface area contributed by atoms with Gasteiger partial charge in [-0.2, -0.15) is 0 Å². The summed E-state index contributed by atoms with van der Waals surface area (Å²) in [6.45, 7) is 0.617. The van der Waals surface area contributed by atoms with Crippen molar-refractivity contribution in [3.8, 4) is 22.9 Å². The van der Waals surface area contributed by atoms with Crippen molar-refractivity contribution in [2.75, 3.05) is 19.5 Å². The molecule has 0 amide bonds. The molecule has 1 atom stereocenters. The van der Waals surface area contributed by atoms with Gasteiger partial charge >= 0.3 is 0 Å². The summed E-state index contributed by atoms with van der Waals surface area (Å²) in [7, 11) is 3.30. The van der Waals surface area contributed by atoms with Crippen molar-refractivity contribution in [3.05, 3.63) is 64.8 Å². The largest absolute Gasteiger partial charge is 0.493 e. The standard InChI is InChI=1S/C25H22N4O2S/c1-30-18-9-8-14(11-19(18)31-2)12-27-24-21-20-16-6-3-7-17(16)22(20)32-25(21)29-23(28-24)15-5-4-10-26-13-15/h4-6,8-11,13,17H,3,7,12H2,1-2H3,(H,27,28,29). The molecule has 0 radical (unpaired) electrons. The lowest BCUT2D eigenvalue weighted by Gasteiger charge is -2.26. The van der Waals surface area contributed by atoms with Crippen LogP contribution in [0.3, 0.4) is 0 Å². The lowest BCUT2D eigenvalue weighted by molar-refractivity contribution is 0.354. The van der Waals surface area contributed by atoms with E-state index in [1.54, 1.807) is 20.4 Å². The summed E-state index contributed by atoms with van der Waals surface area (Å²) in [6, 6.07) is 9.87. The summed E-state index contributed by atoms with van der Waals surface area (Å²) >= 11 is 1.81. The van der Waals surface area contributed by atoms with Gasteiger partial charge in [-0.25, -0.2) is 9.97 Å². The van der Waals surface area contributed by atoms with Gasteiger partial charge in [0.2, 0.25) is 0 Å². The van der Waals surface area contributed by atoms with Crippen molar-refractivity contribution in [3.63, 3.8) is 0 Å². The number of nitrogens with zero attached hydrogens (tertiary/aromatic N) is 3. The summed E-state index contributed by atoms with van der Waals surface area (Å²) in [5, 5.41) is 4.72. The highest BCUT2D eigenvalue weighted by Gasteiger charge is 2.39. The molecule has 1 N–H and O–H groups in total. The molecule has 2 aliphatic carbocycles. The van der Waals surface area contributed by atoms with Crippen LogP contribution in [0.25, 0.3) is 27.2 Å². The maximum atomic E-state index is 5.46. The van der Waals surface area contributed by atoms with Crippen molar-refractivity contribution in [2.24, 2.45) is 0 Å². The summed E-state index contributed by atoms with van der Waals surface area (Å²) in [5.41, 5.74) is 4.82. The maximum absolute atomic E-state index is 5.46. The molecule has 0 saturated carbocycles. The van der Waals surface area contributed by atoms with Crippen LogP contribution in [-0.2, 0) is 6.54 Å². The monoisotopic (exact) mass is 442 g/mol. The Kier molecular flexibility index (Phi) is 4.57. The average molecular weight is 443 g/mol. The Morgan fingerprint density at radius 1 is 1.12 bits per heavy atom. The second-order valence-corrected chi connectivity index (χ2v) is 9.02. The number of nitrogens with one attached hydrogen (secondary N) is 1. The molecule has 3 aromatic heterocycles. The molecular weight excluding hydrogens is 420 g/mol. The zero-order valence-corrected chi connectivity index (χ0v) is 18.7. The molecule has 4 aromatic rings. The molecule has 7 heteroatoms. The van der Waals surface area contributed by atoms with Crippen LogP contribution >= 0.6 is 11.3 Å². The molecule has 0 bridgehead atoms. The van der Waals surface area contributed by atoms with Gasteiger partial charge in [-0.05, 0) is 48.2 Å². The van der Waals surface area contributed by atoms with Crippen LogP contribution in [0, 0.1) is 0 Å². The number of aromatic nitrogens is 3. The molecule has 0 saturated heterocycles. The number of benzene rings is 1. The first kappa shape index (κ1) is 19.3. The van der Waals surface area contributed by atoms with E-state index >= 15 is 0 Å². The number of ether oxygens (including phenoxy) is 2. The van der Waals surface area contributed by atoms with Crippen LogP contribution in [0.1, 0.15) is 34.8 Å². The minimum Gasteiger partial charge on any atom is -0.493 e. The number of allylic oxidation sites excluding steroid dienone is 2. The average Bonchev–Trinajstić information content (AvgIpc) is 3.40. The van der Waals surface area contributed by atoms with E-state index in [0.29, 0.717) is 24.0 Å². The second kappa shape index (κ2) is 7.60. The van der Waals surface area contributed by atoms with Crippen LogP contribution in [0.5, 0.6) is 11.5 Å². The molecular formula is C25H22N4O2S. The number of pyridine rings is 1. The van der Waals surface area contributed by atoms with E-state index in [1.165, 1.54) is 22.4 Å². The van der Waals surface area contributed by atoms with Crippen LogP contribution in [-0.4, -0.2) is 29.2 Å². The Morgan fingerprint density at radius 2 is 2.03 bits per heavy atom. The Morgan fingerprint density at radius 3 is 2.84 bits per heavy atom. The van der Waals surface area contributed by atoms with Gasteiger partial charge in [0, 0.05) is 40.9 Å². The molecule has 6 nitrogen and oxygen atoms in total. The van der Waals surface area contributed by atoms with E-state index in [-0.39, 0.29) is 0 Å². The molecule has 6 rings (SSSR count). The molecule has 0 aliphatic heterocycles. The Bertz CT molecular complexity index is 1360. The fourth-order valence-corrected chi connectivity index (χ4v) is 6.00. The first-order valence-corrected chi connectivity index (χ1v) is 11.5. The molecule has 1 aromatic carbocycles. The Hall–Kier alpha value is -3.45. The minimum absolute atomic E-state index is 0.588. The van der Waals surface area contributed by atoms with Crippen molar-refractivity contribution >= 4 is 32.9 Å². The number of rotatable bonds is 6. The third-order valence-electron chi connectivity index (χ3n) is 6.21. The van der Waals surface area contributed by atoms with Crippen LogP contribution in [0.4, 0.5) is 5.82 Å². The zero-order chi connectivity index (χ0) is 21.7. The van der Waals surface area contributed by atoms with Gasteiger partial charge in [0.15, 0.2) is 17.3 Å². The summed E-state index contributed by atoms with van der Waals surface area (Å²) in [5.74, 6) is 3.59. The van der Waals surface area contributed by atoms with E-state index < -0.39 is 0 Å². The smallest absolute Gasteiger partial charge is 0.164 e. The normalized spacial score (nSPS) is 16.2. The predicted molar refractivity (Wildman–Crippen MR) is 127 cm³/mol. The van der Waals surface area contributed by atoms with Gasteiger partial charge in [0.05, 0.1) is 19.6 Å². The molecule has 160 valence electrons. The summed E-state index contributed by atoms with van der Waals surface area (Å²) in [4.78, 5) is 16.6. The molecule has 0 spiro atoms. The summed E-state index contributed by atoms with van der Waals surface area (Å²) < 4.78 is 10.8. The van der Waals surface area contributed by atoms with Crippen molar-refractivity contribution in [2.45, 2.75) is 25.3 Å². The van der Waals surface area contributed by atoms with Gasteiger partial charge in [0.1, 0.15) is 10.6 Å². The Balaban J connectivity index is 1.43. The van der Waals surface area contributed by atoms with E-state index in [0.717, 1.165) is 39.3 Å². The SMILES string of the molecule is COc1ccc(CNc2nc(-c3cccnc3)nc3sc4c(c23)C2=CCCC24)cc1OC. The van der Waals surface area contributed by atoms with Gasteiger partial charge in [-0.15, -0.1) is 11.3 Å². The van der Waals surface area contributed by atoms with E-state index in [4.69, 9.17) is 19.4 Å². The maximum Gasteiger partial charge on any atom is 0.164 e. The van der Waals surface area contributed by atoms with Crippen molar-refractivity contribution in [1.29, 1.82) is 0 Å². The van der Waals surface area contributed by atoms with Crippen LogP contribution in [0.15, 0.2) is 48.8 Å². The van der Waals surface area contributed by atoms with Gasteiger partial charge in [0.25, 0.3) is 0 Å². The lowest BCUT2D eigenvalue weighted by Crippen LogP contribution is -2.10. The molecule has 32 heavy (non-hydrogen) atoms. The van der Waals surface area contributed by atoms with E-state index in [2.05, 4.69) is 16.4 Å². The van der Waals surface area contributed by atoms with E-state index in [9.17, 15) is 0 Å². The predicted octanol–water partition coefficient (Wildman–Crippen LogP) is 5.66. The molecule has 2 aliphatic rings. The fraction of sp³-hybridized carbons (Fsp3) is 0.240. The number of fused-ring (bicyclic) bond motifs is 6. The lowest BCUT2D eigenvalue weighted by atomic mass is 9.80. The quantitative estimate of drug-likeness (QED) is 0.416. The fourth-order valence-electron chi connectivity index (χ4n) is 4.65. The van der Waals surface area contributed by atoms with Crippen LogP contribution < -0.4 is 14.8 Å². The summed E-state index contributed by atoms with van der Waals surface area (Å²) in [6.07, 6.45) is 8.33. The highest BCUT2D eigenvalue weighted by molar-refractivity contribution is 7.19. The first-order valence-electron chi connectivity index (χ1n) is 10.7. The highest BCUT2D eigenvalue weighted by Crippen LogP contribution is 2.59. The highest BCUT2D eigenvalue weighted by atomic mass is 32.1. The third kappa shape index (κ3) is 2.96. The topological polar surface area (TPSA) is 69.2 Å². The Labute approximate surface area is 190 Å². The minimum atomic E-state index is 0.588. The number of anilines is 1. The molecule has 3 heterocycles. The van der Waals surface area contributed by atoms with Gasteiger partial charge in [-0.3, -0.25) is 4.98 Å². The van der Waals surface area contributed by atoms with Gasteiger partial charge in [-0.1, -0.05) is 12.1 Å². The number of thiophene rings is 1. The number of methoxy groups -OCH3 is 2. The second-order valence-electron chi connectivity index (χ2n) is 7.99.